The van der Waals surface area contributed by atoms with E-state index in [1.54, 1.807) is 24.7 Å². The lowest BCUT2D eigenvalue weighted by Crippen LogP contribution is -2.29. The highest BCUT2D eigenvalue weighted by Gasteiger charge is 2.30. The van der Waals surface area contributed by atoms with Gasteiger partial charge in [0.25, 0.3) is 15.9 Å². The first kappa shape index (κ1) is 24.6. The molecule has 2 heterocycles. The number of nitrogens with one attached hydrogen (secondary N) is 1. The molecule has 0 bridgehead atoms. The third-order valence-corrected chi connectivity index (χ3v) is 6.84. The van der Waals surface area contributed by atoms with Crippen molar-refractivity contribution in [1.82, 2.24) is 19.1 Å². The van der Waals surface area contributed by atoms with Crippen molar-refractivity contribution in [3.63, 3.8) is 0 Å². The second-order valence-corrected chi connectivity index (χ2v) is 9.78. The van der Waals surface area contributed by atoms with Gasteiger partial charge in [0.2, 0.25) is 0 Å². The molecule has 0 atom stereocenters. The Morgan fingerprint density at radius 2 is 1.80 bits per heavy atom. The Morgan fingerprint density at radius 3 is 2.46 bits per heavy atom. The zero-order valence-corrected chi connectivity index (χ0v) is 19.9. The number of alkyl halides is 3. The minimum Gasteiger partial charge on any atom is -0.301 e. The Bertz CT molecular complexity index is 1570. The van der Waals surface area contributed by atoms with Gasteiger partial charge in [-0.15, -0.1) is 0 Å². The molecule has 7 nitrogen and oxygen atoms in total. The van der Waals surface area contributed by atoms with Gasteiger partial charge in [0, 0.05) is 35.3 Å². The fraction of sp³-hybridized carbons (Fsp3) is 0.130. The fourth-order valence-corrected chi connectivity index (χ4v) is 4.77. The molecule has 35 heavy (non-hydrogen) atoms. The van der Waals surface area contributed by atoms with Crippen LogP contribution in [0.3, 0.4) is 0 Å². The molecule has 4 aromatic rings. The average Bonchev–Trinajstić information content (AvgIpc) is 3.30. The van der Waals surface area contributed by atoms with E-state index < -0.39 is 32.6 Å². The minimum atomic E-state index is -4.61. The van der Waals surface area contributed by atoms with Gasteiger partial charge in [0.1, 0.15) is 5.82 Å². The molecule has 0 saturated heterocycles. The Labute approximate surface area is 203 Å². The quantitative estimate of drug-likeness (QED) is 0.379. The molecule has 2 aromatic carbocycles. The highest BCUT2D eigenvalue weighted by molar-refractivity contribution is 7.90. The van der Waals surface area contributed by atoms with E-state index in [2.05, 4.69) is 5.10 Å². The number of hydrogen-bond donors (Lipinski definition) is 1. The van der Waals surface area contributed by atoms with E-state index in [4.69, 9.17) is 11.6 Å². The molecular weight excluding hydrogens is 505 g/mol. The van der Waals surface area contributed by atoms with Gasteiger partial charge in [0.15, 0.2) is 0 Å². The number of nitrogens with zero attached hydrogens (tertiary/aromatic N) is 3. The van der Waals surface area contributed by atoms with Crippen LogP contribution in [-0.2, 0) is 28.0 Å². The third-order valence-electron chi connectivity index (χ3n) is 5.25. The normalized spacial score (nSPS) is 12.5. The summed E-state index contributed by atoms with van der Waals surface area (Å²) >= 11 is 6.07. The molecule has 0 fully saturated rings. The summed E-state index contributed by atoms with van der Waals surface area (Å²) in [5.41, 5.74) is 1.01. The number of carbonyl (C=O) groups is 1. The van der Waals surface area contributed by atoms with Crippen LogP contribution in [0.25, 0.3) is 22.8 Å². The number of aromatic nitrogens is 3. The molecule has 12 heteroatoms. The molecule has 0 unspecified atom stereocenters. The summed E-state index contributed by atoms with van der Waals surface area (Å²) in [5.74, 6) is -0.335. The van der Waals surface area contributed by atoms with Crippen molar-refractivity contribution in [2.45, 2.75) is 18.0 Å². The summed E-state index contributed by atoms with van der Waals surface area (Å²) in [6.45, 7) is 1.74. The van der Waals surface area contributed by atoms with Crippen molar-refractivity contribution < 1.29 is 26.4 Å². The van der Waals surface area contributed by atoms with E-state index in [0.29, 0.717) is 34.2 Å². The minimum absolute atomic E-state index is 0.469. The van der Waals surface area contributed by atoms with Crippen LogP contribution in [-0.4, -0.2) is 28.7 Å². The molecule has 4 rings (SSSR count). The van der Waals surface area contributed by atoms with Crippen LogP contribution in [0.5, 0.6) is 0 Å². The van der Waals surface area contributed by atoms with Gasteiger partial charge in [-0.05, 0) is 61.5 Å². The van der Waals surface area contributed by atoms with Crippen molar-refractivity contribution in [2.24, 2.45) is 7.05 Å². The zero-order valence-electron chi connectivity index (χ0n) is 18.3. The summed E-state index contributed by atoms with van der Waals surface area (Å²) in [4.78, 5) is 11.9. The molecular formula is C23H18ClF3N4O3S. The smallest absolute Gasteiger partial charge is 0.301 e. The van der Waals surface area contributed by atoms with E-state index in [0.717, 1.165) is 29.1 Å². The van der Waals surface area contributed by atoms with Gasteiger partial charge in [-0.3, -0.25) is 9.48 Å². The summed E-state index contributed by atoms with van der Waals surface area (Å²) in [7, 11) is -2.64. The Hall–Kier alpha value is -3.57. The van der Waals surface area contributed by atoms with Crippen LogP contribution in [0.2, 0.25) is 5.02 Å². The molecule has 0 spiro atoms. The number of carbonyl (C=O) groups excluding carboxylic acids is 1. The van der Waals surface area contributed by atoms with Crippen molar-refractivity contribution >= 4 is 44.5 Å². The second-order valence-electron chi connectivity index (χ2n) is 7.66. The zero-order chi connectivity index (χ0) is 25.5. The molecule has 0 aliphatic carbocycles. The SMILES string of the molecule is Cc1nn(C)c(-n2ccc3cc(Cl)ccc32)c1/C=C/C(=O)NS(=O)(=O)c1ccc(C(F)(F)F)cc1. The lowest BCUT2D eigenvalue weighted by atomic mass is 10.2. The molecule has 1 amide bonds. The van der Waals surface area contributed by atoms with E-state index in [1.807, 2.05) is 33.7 Å². The van der Waals surface area contributed by atoms with Crippen LogP contribution in [0.4, 0.5) is 13.2 Å². The van der Waals surface area contributed by atoms with E-state index in [-0.39, 0.29) is 0 Å². The maximum absolute atomic E-state index is 12.7. The van der Waals surface area contributed by atoms with E-state index >= 15 is 0 Å². The molecule has 1 N–H and O–H groups in total. The van der Waals surface area contributed by atoms with Gasteiger partial charge < -0.3 is 4.57 Å². The molecule has 2 aromatic heterocycles. The van der Waals surface area contributed by atoms with Gasteiger partial charge in [0.05, 0.1) is 21.7 Å². The maximum atomic E-state index is 12.7. The fourth-order valence-electron chi connectivity index (χ4n) is 3.65. The molecule has 0 radical (unpaired) electrons. The van der Waals surface area contributed by atoms with Crippen molar-refractivity contribution in [3.05, 3.63) is 82.6 Å². The number of fused-ring (bicyclic) bond motifs is 1. The third kappa shape index (κ3) is 4.96. The molecule has 0 aliphatic rings. The van der Waals surface area contributed by atoms with Crippen LogP contribution < -0.4 is 4.72 Å². The Kier molecular flexibility index (Phi) is 6.24. The lowest BCUT2D eigenvalue weighted by Gasteiger charge is -2.09. The van der Waals surface area contributed by atoms with E-state index in [9.17, 15) is 26.4 Å². The van der Waals surface area contributed by atoms with Crippen molar-refractivity contribution in [3.8, 4) is 5.82 Å². The monoisotopic (exact) mass is 522 g/mol. The number of benzene rings is 2. The summed E-state index contributed by atoms with van der Waals surface area (Å²) in [6.07, 6.45) is -0.330. The molecule has 0 aliphatic heterocycles. The first-order valence-corrected chi connectivity index (χ1v) is 12.0. The standard InChI is InChI=1S/C23H18ClF3N4O3S/c1-14-19(22(30(2)28-14)31-12-11-15-13-17(24)5-9-20(15)31)8-10-21(32)29-35(33,34)18-6-3-16(4-7-18)23(25,26)27/h3-13H,1-2H3,(H,29,32)/b10-8+. The average molecular weight is 523 g/mol. The number of halogens is 4. The first-order chi connectivity index (χ1) is 16.4. The van der Waals surface area contributed by atoms with Crippen molar-refractivity contribution in [1.29, 1.82) is 0 Å². The van der Waals surface area contributed by atoms with Crippen LogP contribution in [0.15, 0.2) is 65.7 Å². The Balaban J connectivity index is 1.60. The van der Waals surface area contributed by atoms with Crippen LogP contribution in [0.1, 0.15) is 16.8 Å². The maximum Gasteiger partial charge on any atom is 0.416 e. The largest absolute Gasteiger partial charge is 0.416 e. The number of aryl methyl sites for hydroxylation is 2. The predicted octanol–water partition coefficient (Wildman–Crippen LogP) is 4.86. The van der Waals surface area contributed by atoms with Crippen LogP contribution in [0, 0.1) is 6.92 Å². The number of amides is 1. The Morgan fingerprint density at radius 1 is 1.11 bits per heavy atom. The van der Waals surface area contributed by atoms with E-state index in [1.165, 1.54) is 6.08 Å². The summed E-state index contributed by atoms with van der Waals surface area (Å²) in [5, 5.41) is 5.88. The van der Waals surface area contributed by atoms with Gasteiger partial charge >= 0.3 is 6.18 Å². The second kappa shape index (κ2) is 8.90. The topological polar surface area (TPSA) is 86.0 Å². The highest BCUT2D eigenvalue weighted by Crippen LogP contribution is 2.30. The predicted molar refractivity (Wildman–Crippen MR) is 126 cm³/mol. The van der Waals surface area contributed by atoms with Gasteiger partial charge in [-0.25, -0.2) is 13.1 Å². The number of hydrogen-bond acceptors (Lipinski definition) is 4. The van der Waals surface area contributed by atoms with Gasteiger partial charge in [-0.1, -0.05) is 11.6 Å². The van der Waals surface area contributed by atoms with Crippen molar-refractivity contribution in [2.75, 3.05) is 0 Å². The lowest BCUT2D eigenvalue weighted by molar-refractivity contribution is -0.137. The summed E-state index contributed by atoms with van der Waals surface area (Å²) in [6, 6.07) is 10.1. The highest BCUT2D eigenvalue weighted by atomic mass is 35.5. The first-order valence-electron chi connectivity index (χ1n) is 10.1. The summed E-state index contributed by atoms with van der Waals surface area (Å²) < 4.78 is 68.3. The molecule has 182 valence electrons. The number of rotatable bonds is 5. The molecule has 0 saturated carbocycles. The van der Waals surface area contributed by atoms with Crippen LogP contribution >= 0.6 is 11.6 Å². The number of sulfonamides is 1. The van der Waals surface area contributed by atoms with Gasteiger partial charge in [-0.2, -0.15) is 18.3 Å².